The van der Waals surface area contributed by atoms with E-state index in [1.54, 1.807) is 6.07 Å². The maximum Gasteiger partial charge on any atom is 0.317 e. The van der Waals surface area contributed by atoms with Crippen molar-refractivity contribution >= 4 is 23.6 Å². The summed E-state index contributed by atoms with van der Waals surface area (Å²) in [5.41, 5.74) is 0.844. The molecule has 2 unspecified atom stereocenters. The molecule has 0 aliphatic carbocycles. The van der Waals surface area contributed by atoms with Crippen LogP contribution < -0.4 is 5.32 Å². The summed E-state index contributed by atoms with van der Waals surface area (Å²) in [6.07, 6.45) is 0.503. The van der Waals surface area contributed by atoms with Gasteiger partial charge in [0.25, 0.3) is 0 Å². The van der Waals surface area contributed by atoms with Gasteiger partial charge in [0, 0.05) is 18.1 Å². The molecule has 1 aromatic carbocycles. The third-order valence-corrected chi connectivity index (χ3v) is 3.88. The maximum absolute atomic E-state index is 12.1. The van der Waals surface area contributed by atoms with E-state index in [2.05, 4.69) is 5.32 Å². The zero-order valence-electron chi connectivity index (χ0n) is 11.2. The van der Waals surface area contributed by atoms with Gasteiger partial charge in [0.1, 0.15) is 0 Å². The Morgan fingerprint density at radius 2 is 2.15 bits per heavy atom. The average Bonchev–Trinajstić information content (AvgIpc) is 2.88. The summed E-state index contributed by atoms with van der Waals surface area (Å²) in [5.74, 6) is -1.31. The van der Waals surface area contributed by atoms with Crippen LogP contribution in [0.1, 0.15) is 24.9 Å². The average molecular weight is 297 g/mol. The highest BCUT2D eigenvalue weighted by atomic mass is 35.5. The standard InChI is InChI=1S/C14H17ClN2O3/c1-9(11-4-2-3-5-12(11)15)16-14(20)17-7-6-10(8-17)13(18)19/h2-5,9-10H,6-8H2,1H3,(H,16,20)(H,18,19). The second-order valence-electron chi connectivity index (χ2n) is 4.96. The number of aliphatic carboxylic acids is 1. The highest BCUT2D eigenvalue weighted by molar-refractivity contribution is 6.31. The monoisotopic (exact) mass is 296 g/mol. The number of hydrogen-bond acceptors (Lipinski definition) is 2. The first-order chi connectivity index (χ1) is 9.49. The van der Waals surface area contributed by atoms with Crippen molar-refractivity contribution in [1.29, 1.82) is 0 Å². The molecule has 0 bridgehead atoms. The molecule has 1 saturated heterocycles. The summed E-state index contributed by atoms with van der Waals surface area (Å²) in [4.78, 5) is 24.5. The van der Waals surface area contributed by atoms with Crippen molar-refractivity contribution in [3.8, 4) is 0 Å². The molecule has 1 heterocycles. The van der Waals surface area contributed by atoms with Gasteiger partial charge in [-0.2, -0.15) is 0 Å². The number of carboxylic acids is 1. The van der Waals surface area contributed by atoms with E-state index in [4.69, 9.17) is 16.7 Å². The molecule has 1 aliphatic rings. The number of rotatable bonds is 3. The van der Waals surface area contributed by atoms with Gasteiger partial charge in [0.05, 0.1) is 12.0 Å². The molecular weight excluding hydrogens is 280 g/mol. The molecule has 108 valence electrons. The maximum atomic E-state index is 12.1. The molecule has 20 heavy (non-hydrogen) atoms. The summed E-state index contributed by atoms with van der Waals surface area (Å²) >= 11 is 6.08. The Morgan fingerprint density at radius 1 is 1.45 bits per heavy atom. The van der Waals surface area contributed by atoms with Crippen molar-refractivity contribution in [2.75, 3.05) is 13.1 Å². The molecule has 2 N–H and O–H groups in total. The third kappa shape index (κ3) is 3.22. The van der Waals surface area contributed by atoms with Crippen molar-refractivity contribution in [2.24, 2.45) is 5.92 Å². The Kier molecular flexibility index (Phi) is 4.49. The van der Waals surface area contributed by atoms with Crippen LogP contribution in [0.3, 0.4) is 0 Å². The van der Waals surface area contributed by atoms with Crippen molar-refractivity contribution in [3.05, 3.63) is 34.9 Å². The number of hydrogen-bond donors (Lipinski definition) is 2. The number of likely N-dealkylation sites (tertiary alicyclic amines) is 1. The van der Waals surface area contributed by atoms with E-state index in [-0.39, 0.29) is 18.6 Å². The largest absolute Gasteiger partial charge is 0.481 e. The smallest absolute Gasteiger partial charge is 0.317 e. The van der Waals surface area contributed by atoms with Crippen LogP contribution in [0, 0.1) is 5.92 Å². The van der Waals surface area contributed by atoms with Crippen molar-refractivity contribution in [3.63, 3.8) is 0 Å². The molecule has 1 aliphatic heterocycles. The lowest BCUT2D eigenvalue weighted by Gasteiger charge is -2.21. The van der Waals surface area contributed by atoms with Crippen LogP contribution >= 0.6 is 11.6 Å². The van der Waals surface area contributed by atoms with Gasteiger partial charge in [-0.1, -0.05) is 29.8 Å². The number of urea groups is 1. The summed E-state index contributed by atoms with van der Waals surface area (Å²) in [5, 5.41) is 12.4. The SMILES string of the molecule is CC(NC(=O)N1CCC(C(=O)O)C1)c1ccccc1Cl. The normalized spacial score (nSPS) is 19.7. The molecule has 6 heteroatoms. The number of amides is 2. The van der Waals surface area contributed by atoms with Gasteiger partial charge in [0.15, 0.2) is 0 Å². The fourth-order valence-corrected chi connectivity index (χ4v) is 2.63. The molecule has 1 fully saturated rings. The predicted octanol–water partition coefficient (Wildman–Crippen LogP) is 2.52. The highest BCUT2D eigenvalue weighted by Gasteiger charge is 2.31. The Bertz CT molecular complexity index is 521. The molecule has 2 rings (SSSR count). The van der Waals surface area contributed by atoms with E-state index in [0.29, 0.717) is 18.0 Å². The van der Waals surface area contributed by atoms with Crippen LogP contribution in [0.15, 0.2) is 24.3 Å². The summed E-state index contributed by atoms with van der Waals surface area (Å²) in [7, 11) is 0. The van der Waals surface area contributed by atoms with Crippen LogP contribution in [0.25, 0.3) is 0 Å². The van der Waals surface area contributed by atoms with Crippen molar-refractivity contribution < 1.29 is 14.7 Å². The Hall–Kier alpha value is -1.75. The van der Waals surface area contributed by atoms with Gasteiger partial charge in [-0.3, -0.25) is 4.79 Å². The number of carboxylic acid groups (broad SMARTS) is 1. The summed E-state index contributed by atoms with van der Waals surface area (Å²) < 4.78 is 0. The molecule has 0 radical (unpaired) electrons. The number of benzene rings is 1. The minimum atomic E-state index is -0.848. The van der Waals surface area contributed by atoms with Gasteiger partial charge in [-0.15, -0.1) is 0 Å². The lowest BCUT2D eigenvalue weighted by Crippen LogP contribution is -2.40. The van der Waals surface area contributed by atoms with Crippen LogP contribution in [-0.4, -0.2) is 35.1 Å². The Balaban J connectivity index is 1.95. The van der Waals surface area contributed by atoms with Gasteiger partial charge < -0.3 is 15.3 Å². The minimum Gasteiger partial charge on any atom is -0.481 e. The second kappa shape index (κ2) is 6.13. The second-order valence-corrected chi connectivity index (χ2v) is 5.37. The molecule has 1 aromatic rings. The Labute approximate surface area is 122 Å². The van der Waals surface area contributed by atoms with Gasteiger partial charge in [-0.05, 0) is 25.0 Å². The van der Waals surface area contributed by atoms with Crippen molar-refractivity contribution in [2.45, 2.75) is 19.4 Å². The summed E-state index contributed by atoms with van der Waals surface area (Å²) in [6, 6.07) is 6.85. The number of carbonyl (C=O) groups excluding carboxylic acids is 1. The Morgan fingerprint density at radius 3 is 2.75 bits per heavy atom. The summed E-state index contributed by atoms with van der Waals surface area (Å²) in [6.45, 7) is 2.58. The zero-order chi connectivity index (χ0) is 14.7. The number of carbonyl (C=O) groups is 2. The topological polar surface area (TPSA) is 69.6 Å². The lowest BCUT2D eigenvalue weighted by atomic mass is 10.1. The number of nitrogens with one attached hydrogen (secondary N) is 1. The van der Waals surface area contributed by atoms with Crippen LogP contribution in [0.2, 0.25) is 5.02 Å². The van der Waals surface area contributed by atoms with E-state index in [1.165, 1.54) is 4.90 Å². The van der Waals surface area contributed by atoms with Crippen LogP contribution in [0.5, 0.6) is 0 Å². The first-order valence-electron chi connectivity index (χ1n) is 6.51. The molecule has 2 amide bonds. The minimum absolute atomic E-state index is 0.222. The van der Waals surface area contributed by atoms with E-state index < -0.39 is 11.9 Å². The number of halogens is 1. The van der Waals surface area contributed by atoms with Crippen molar-refractivity contribution in [1.82, 2.24) is 10.2 Å². The fraction of sp³-hybridized carbons (Fsp3) is 0.429. The van der Waals surface area contributed by atoms with Crippen LogP contribution in [0.4, 0.5) is 4.79 Å². The lowest BCUT2D eigenvalue weighted by molar-refractivity contribution is -0.141. The third-order valence-electron chi connectivity index (χ3n) is 3.54. The number of nitrogens with zero attached hydrogens (tertiary/aromatic N) is 1. The first-order valence-corrected chi connectivity index (χ1v) is 6.89. The quantitative estimate of drug-likeness (QED) is 0.900. The van der Waals surface area contributed by atoms with Crippen LogP contribution in [-0.2, 0) is 4.79 Å². The molecule has 0 spiro atoms. The van der Waals surface area contributed by atoms with Gasteiger partial charge in [-0.25, -0.2) is 4.79 Å². The van der Waals surface area contributed by atoms with E-state index in [9.17, 15) is 9.59 Å². The van der Waals surface area contributed by atoms with E-state index in [1.807, 2.05) is 25.1 Å². The van der Waals surface area contributed by atoms with Gasteiger partial charge >= 0.3 is 12.0 Å². The molecular formula is C14H17ClN2O3. The molecule has 2 atom stereocenters. The van der Waals surface area contributed by atoms with E-state index in [0.717, 1.165) is 5.56 Å². The fourth-order valence-electron chi connectivity index (χ4n) is 2.33. The van der Waals surface area contributed by atoms with Gasteiger partial charge in [0.2, 0.25) is 0 Å². The highest BCUT2D eigenvalue weighted by Crippen LogP contribution is 2.23. The molecule has 0 saturated carbocycles. The zero-order valence-corrected chi connectivity index (χ0v) is 11.9. The van der Waals surface area contributed by atoms with E-state index >= 15 is 0 Å². The first kappa shape index (κ1) is 14.7. The molecule has 0 aromatic heterocycles. The molecule has 5 nitrogen and oxygen atoms in total. The predicted molar refractivity (Wildman–Crippen MR) is 75.7 cm³/mol.